The molecule has 0 aliphatic heterocycles. The van der Waals surface area contributed by atoms with Gasteiger partial charge in [-0.2, -0.15) is 5.10 Å². The number of halogens is 2. The minimum absolute atomic E-state index is 0.204. The fourth-order valence-corrected chi connectivity index (χ4v) is 2.65. The Bertz CT molecular complexity index is 681. The molecule has 110 valence electrons. The van der Waals surface area contributed by atoms with E-state index in [1.165, 1.54) is 11.0 Å². The second kappa shape index (κ2) is 5.60. The number of hydrogen-bond acceptors (Lipinski definition) is 2. The highest BCUT2D eigenvalue weighted by Gasteiger charge is 2.27. The number of amides is 1. The van der Waals surface area contributed by atoms with Crippen molar-refractivity contribution in [1.82, 2.24) is 15.1 Å². The van der Waals surface area contributed by atoms with Gasteiger partial charge < -0.3 is 4.90 Å². The molecule has 1 aromatic heterocycles. The third kappa shape index (κ3) is 3.15. The summed E-state index contributed by atoms with van der Waals surface area (Å²) in [5, 5.41) is 6.97. The van der Waals surface area contributed by atoms with Crippen molar-refractivity contribution in [2.45, 2.75) is 25.3 Å². The summed E-state index contributed by atoms with van der Waals surface area (Å²) in [6.45, 7) is 0.204. The van der Waals surface area contributed by atoms with Crippen LogP contribution in [-0.4, -0.2) is 28.1 Å². The lowest BCUT2D eigenvalue weighted by atomic mass is 10.2. The van der Waals surface area contributed by atoms with Crippen molar-refractivity contribution in [2.75, 3.05) is 7.05 Å². The van der Waals surface area contributed by atoms with Crippen LogP contribution >= 0.6 is 15.9 Å². The molecule has 1 N–H and O–H groups in total. The first-order valence-electron chi connectivity index (χ1n) is 6.79. The molecular formula is C15H15BrFN3O. The molecule has 1 heterocycles. The van der Waals surface area contributed by atoms with E-state index in [2.05, 4.69) is 26.1 Å². The Morgan fingerprint density at radius 3 is 2.95 bits per heavy atom. The van der Waals surface area contributed by atoms with Gasteiger partial charge in [-0.25, -0.2) is 4.39 Å². The molecule has 4 nitrogen and oxygen atoms in total. The minimum Gasteiger partial charge on any atom is -0.336 e. The SMILES string of the molecule is CN(Cc1cc(Br)ccc1F)C(=O)c1cc(C2CC2)[nH]n1. The fourth-order valence-electron chi connectivity index (χ4n) is 2.24. The monoisotopic (exact) mass is 351 g/mol. The van der Waals surface area contributed by atoms with Crippen molar-refractivity contribution >= 4 is 21.8 Å². The fraction of sp³-hybridized carbons (Fsp3) is 0.333. The standard InChI is InChI=1S/C15H15BrFN3O/c1-20(8-10-6-11(16)4-5-12(10)17)15(21)14-7-13(18-19-14)9-2-3-9/h4-7,9H,2-3,8H2,1H3,(H,18,19). The van der Waals surface area contributed by atoms with Crippen molar-refractivity contribution in [2.24, 2.45) is 0 Å². The van der Waals surface area contributed by atoms with E-state index in [4.69, 9.17) is 0 Å². The van der Waals surface area contributed by atoms with Gasteiger partial charge in [-0.05, 0) is 37.1 Å². The zero-order valence-corrected chi connectivity index (χ0v) is 13.2. The van der Waals surface area contributed by atoms with Crippen LogP contribution in [0.3, 0.4) is 0 Å². The number of H-pyrrole nitrogens is 1. The first-order valence-corrected chi connectivity index (χ1v) is 7.58. The molecule has 1 aromatic carbocycles. The third-order valence-electron chi connectivity index (χ3n) is 3.60. The summed E-state index contributed by atoms with van der Waals surface area (Å²) in [7, 11) is 1.65. The number of carbonyl (C=O) groups is 1. The number of nitrogens with zero attached hydrogens (tertiary/aromatic N) is 2. The van der Waals surface area contributed by atoms with Gasteiger partial charge in [-0.3, -0.25) is 9.89 Å². The molecule has 6 heteroatoms. The van der Waals surface area contributed by atoms with Gasteiger partial charge >= 0.3 is 0 Å². The maximum atomic E-state index is 13.7. The van der Waals surface area contributed by atoms with Crippen LogP contribution in [0.2, 0.25) is 0 Å². The molecule has 0 atom stereocenters. The van der Waals surface area contributed by atoms with Crippen molar-refractivity contribution in [3.8, 4) is 0 Å². The zero-order chi connectivity index (χ0) is 15.0. The first kappa shape index (κ1) is 14.3. The van der Waals surface area contributed by atoms with Crippen molar-refractivity contribution in [1.29, 1.82) is 0 Å². The van der Waals surface area contributed by atoms with E-state index in [1.807, 2.05) is 0 Å². The summed E-state index contributed by atoms with van der Waals surface area (Å²) in [5.74, 6) is -0.0112. The normalized spacial score (nSPS) is 14.2. The Hall–Kier alpha value is -1.69. The number of benzene rings is 1. The Morgan fingerprint density at radius 1 is 1.48 bits per heavy atom. The molecule has 0 spiro atoms. The second-order valence-corrected chi connectivity index (χ2v) is 6.30. The van der Waals surface area contributed by atoms with Gasteiger partial charge in [0.05, 0.1) is 0 Å². The second-order valence-electron chi connectivity index (χ2n) is 5.38. The van der Waals surface area contributed by atoms with Crippen LogP contribution in [0.1, 0.15) is 40.5 Å². The van der Waals surface area contributed by atoms with Gasteiger partial charge in [0.1, 0.15) is 11.5 Å². The van der Waals surface area contributed by atoms with Crippen molar-refractivity contribution < 1.29 is 9.18 Å². The highest BCUT2D eigenvalue weighted by atomic mass is 79.9. The smallest absolute Gasteiger partial charge is 0.274 e. The lowest BCUT2D eigenvalue weighted by Crippen LogP contribution is -2.27. The number of aromatic amines is 1. The molecule has 0 unspecified atom stereocenters. The summed E-state index contributed by atoms with van der Waals surface area (Å²) in [6, 6.07) is 6.50. The maximum Gasteiger partial charge on any atom is 0.274 e. The van der Waals surface area contributed by atoms with Crippen LogP contribution in [0, 0.1) is 5.82 Å². The Morgan fingerprint density at radius 2 is 2.24 bits per heavy atom. The van der Waals surface area contributed by atoms with Gasteiger partial charge in [0.2, 0.25) is 0 Å². The number of hydrogen-bond donors (Lipinski definition) is 1. The van der Waals surface area contributed by atoms with E-state index in [-0.39, 0.29) is 18.3 Å². The number of rotatable bonds is 4. The molecular weight excluding hydrogens is 337 g/mol. The van der Waals surface area contributed by atoms with Crippen LogP contribution in [0.25, 0.3) is 0 Å². The molecule has 21 heavy (non-hydrogen) atoms. The zero-order valence-electron chi connectivity index (χ0n) is 11.6. The molecule has 1 aliphatic carbocycles. The molecule has 0 bridgehead atoms. The van der Waals surface area contributed by atoms with Crippen molar-refractivity contribution in [3.05, 3.63) is 51.5 Å². The summed E-state index contributed by atoms with van der Waals surface area (Å²) >= 11 is 3.31. The summed E-state index contributed by atoms with van der Waals surface area (Å²) in [5.41, 5.74) is 1.87. The van der Waals surface area contributed by atoms with E-state index in [0.29, 0.717) is 17.2 Å². The van der Waals surface area contributed by atoms with Gasteiger partial charge in [0, 0.05) is 35.2 Å². The largest absolute Gasteiger partial charge is 0.336 e. The molecule has 2 aromatic rings. The number of carbonyl (C=O) groups excluding carboxylic acids is 1. The minimum atomic E-state index is -0.321. The molecule has 0 radical (unpaired) electrons. The summed E-state index contributed by atoms with van der Waals surface area (Å²) in [4.78, 5) is 13.8. The number of nitrogens with one attached hydrogen (secondary N) is 1. The predicted molar refractivity (Wildman–Crippen MR) is 80.5 cm³/mol. The van der Waals surface area contributed by atoms with Gasteiger partial charge in [-0.15, -0.1) is 0 Å². The quantitative estimate of drug-likeness (QED) is 0.916. The van der Waals surface area contributed by atoms with Crippen LogP contribution in [0.4, 0.5) is 4.39 Å². The maximum absolute atomic E-state index is 13.7. The van der Waals surface area contributed by atoms with Crippen LogP contribution in [-0.2, 0) is 6.54 Å². The van der Waals surface area contributed by atoms with Gasteiger partial charge in [-0.1, -0.05) is 15.9 Å². The molecule has 1 aliphatic rings. The highest BCUT2D eigenvalue weighted by molar-refractivity contribution is 9.10. The Balaban J connectivity index is 1.72. The van der Waals surface area contributed by atoms with Crippen molar-refractivity contribution in [3.63, 3.8) is 0 Å². The molecule has 1 amide bonds. The Kier molecular flexibility index (Phi) is 3.80. The van der Waals surface area contributed by atoms with Crippen LogP contribution in [0.15, 0.2) is 28.7 Å². The Labute approximate surface area is 130 Å². The summed E-state index contributed by atoms with van der Waals surface area (Å²) in [6.07, 6.45) is 2.30. The van der Waals surface area contributed by atoms with Crippen LogP contribution < -0.4 is 0 Å². The van der Waals surface area contributed by atoms with E-state index >= 15 is 0 Å². The highest BCUT2D eigenvalue weighted by Crippen LogP contribution is 2.39. The van der Waals surface area contributed by atoms with E-state index in [9.17, 15) is 9.18 Å². The molecule has 1 fully saturated rings. The average Bonchev–Trinajstić information content (AvgIpc) is 3.20. The molecule has 0 saturated heterocycles. The lowest BCUT2D eigenvalue weighted by molar-refractivity contribution is 0.0778. The third-order valence-corrected chi connectivity index (χ3v) is 4.09. The predicted octanol–water partition coefficient (Wildman–Crippen LogP) is 3.46. The molecule has 1 saturated carbocycles. The summed E-state index contributed by atoms with van der Waals surface area (Å²) < 4.78 is 14.5. The van der Waals surface area contributed by atoms with E-state index < -0.39 is 0 Å². The lowest BCUT2D eigenvalue weighted by Gasteiger charge is -2.16. The van der Waals surface area contributed by atoms with Gasteiger partial charge in [0.25, 0.3) is 5.91 Å². The first-order chi connectivity index (χ1) is 10.0. The number of aromatic nitrogens is 2. The van der Waals surface area contributed by atoms with E-state index in [0.717, 1.165) is 23.0 Å². The van der Waals surface area contributed by atoms with E-state index in [1.54, 1.807) is 25.2 Å². The molecule has 3 rings (SSSR count). The van der Waals surface area contributed by atoms with Gasteiger partial charge in [0.15, 0.2) is 0 Å². The van der Waals surface area contributed by atoms with Crippen LogP contribution in [0.5, 0.6) is 0 Å². The average molecular weight is 352 g/mol. The topological polar surface area (TPSA) is 49.0 Å².